The summed E-state index contributed by atoms with van der Waals surface area (Å²) in [6.07, 6.45) is 0. The van der Waals surface area contributed by atoms with Gasteiger partial charge >= 0.3 is 5.92 Å². The lowest BCUT2D eigenvalue weighted by atomic mass is 10.0. The number of rotatable bonds is 4. The number of halogens is 3. The number of hydrogen-bond acceptors (Lipinski definition) is 2. The number of benzene rings is 1. The van der Waals surface area contributed by atoms with Crippen molar-refractivity contribution in [3.63, 3.8) is 0 Å². The highest BCUT2D eigenvalue weighted by molar-refractivity contribution is 6.16. The van der Waals surface area contributed by atoms with E-state index in [1.54, 1.807) is 6.92 Å². The number of alkyl halides is 3. The number of carbonyl (C=O) groups excluding carboxylic acids is 2. The molecule has 86 valence electrons. The van der Waals surface area contributed by atoms with Crippen molar-refractivity contribution < 1.29 is 22.8 Å². The van der Waals surface area contributed by atoms with Crippen molar-refractivity contribution in [1.82, 2.24) is 0 Å². The molecule has 0 bridgehead atoms. The van der Waals surface area contributed by atoms with Gasteiger partial charge in [0.05, 0.1) is 0 Å². The molecule has 0 saturated carbocycles. The highest BCUT2D eigenvalue weighted by Crippen LogP contribution is 2.21. The second-order valence-electron chi connectivity index (χ2n) is 3.33. The van der Waals surface area contributed by atoms with Gasteiger partial charge in [-0.05, 0) is 6.92 Å². The van der Waals surface area contributed by atoms with Gasteiger partial charge in [-0.25, -0.2) is 4.39 Å². The average molecular weight is 230 g/mol. The zero-order valence-corrected chi connectivity index (χ0v) is 8.47. The Balaban J connectivity index is 3.02. The van der Waals surface area contributed by atoms with Crippen molar-refractivity contribution in [3.8, 4) is 0 Å². The van der Waals surface area contributed by atoms with E-state index in [-0.39, 0.29) is 5.56 Å². The predicted octanol–water partition coefficient (Wildman–Crippen LogP) is 2.35. The van der Waals surface area contributed by atoms with E-state index in [0.717, 1.165) is 5.56 Å². The summed E-state index contributed by atoms with van der Waals surface area (Å²) in [5, 5.41) is 0. The van der Waals surface area contributed by atoms with Crippen molar-refractivity contribution in [1.29, 1.82) is 0 Å². The highest BCUT2D eigenvalue weighted by atomic mass is 19.3. The monoisotopic (exact) mass is 230 g/mol. The third kappa shape index (κ3) is 2.29. The standard InChI is InChI=1S/C11H9F3O2/c1-7-2-4-8(5-3-7)10(16)11(13,14)9(15)6-12/h2-5H,6H2,1H3. The van der Waals surface area contributed by atoms with Crippen LogP contribution in [0.1, 0.15) is 15.9 Å². The Morgan fingerprint density at radius 3 is 2.12 bits per heavy atom. The molecule has 1 rings (SSSR count). The van der Waals surface area contributed by atoms with Crippen LogP contribution in [0.15, 0.2) is 24.3 Å². The summed E-state index contributed by atoms with van der Waals surface area (Å²) in [5.74, 6) is -7.97. The highest BCUT2D eigenvalue weighted by Gasteiger charge is 2.46. The number of carbonyl (C=O) groups is 2. The van der Waals surface area contributed by atoms with E-state index in [9.17, 15) is 22.8 Å². The molecule has 1 aromatic carbocycles. The topological polar surface area (TPSA) is 34.1 Å². The van der Waals surface area contributed by atoms with Gasteiger partial charge < -0.3 is 0 Å². The molecule has 1 aromatic rings. The van der Waals surface area contributed by atoms with Crippen molar-refractivity contribution in [2.75, 3.05) is 6.67 Å². The van der Waals surface area contributed by atoms with Crippen LogP contribution in [0.2, 0.25) is 0 Å². The van der Waals surface area contributed by atoms with Crippen molar-refractivity contribution >= 4 is 11.6 Å². The van der Waals surface area contributed by atoms with Gasteiger partial charge in [-0.2, -0.15) is 8.78 Å². The van der Waals surface area contributed by atoms with Gasteiger partial charge in [0.15, 0.2) is 6.67 Å². The summed E-state index contributed by atoms with van der Waals surface area (Å²) in [5.41, 5.74) is 0.481. The van der Waals surface area contributed by atoms with Crippen LogP contribution < -0.4 is 0 Å². The first kappa shape index (κ1) is 12.4. The molecule has 2 nitrogen and oxygen atoms in total. The molecule has 0 aromatic heterocycles. The van der Waals surface area contributed by atoms with Gasteiger partial charge in [-0.1, -0.05) is 29.8 Å². The van der Waals surface area contributed by atoms with E-state index >= 15 is 0 Å². The average Bonchev–Trinajstić information content (AvgIpc) is 2.28. The van der Waals surface area contributed by atoms with Crippen LogP contribution in [0.5, 0.6) is 0 Å². The minimum absolute atomic E-state index is 0.308. The zero-order valence-electron chi connectivity index (χ0n) is 8.47. The third-order valence-electron chi connectivity index (χ3n) is 2.07. The van der Waals surface area contributed by atoms with E-state index in [1.165, 1.54) is 24.3 Å². The maximum Gasteiger partial charge on any atom is 0.369 e. The molecule has 0 aliphatic heterocycles. The first-order chi connectivity index (χ1) is 7.39. The predicted molar refractivity (Wildman–Crippen MR) is 51.4 cm³/mol. The van der Waals surface area contributed by atoms with Gasteiger partial charge in [0.2, 0.25) is 11.6 Å². The molecular weight excluding hydrogens is 221 g/mol. The lowest BCUT2D eigenvalue weighted by molar-refractivity contribution is -0.137. The number of Topliss-reactive ketones (excluding diaryl/α,β-unsaturated/α-hetero) is 2. The Morgan fingerprint density at radius 1 is 1.19 bits per heavy atom. The van der Waals surface area contributed by atoms with Crippen molar-refractivity contribution in [3.05, 3.63) is 35.4 Å². The van der Waals surface area contributed by atoms with Crippen molar-refractivity contribution in [2.24, 2.45) is 0 Å². The van der Waals surface area contributed by atoms with Crippen LogP contribution in [-0.2, 0) is 4.79 Å². The maximum absolute atomic E-state index is 13.1. The Hall–Kier alpha value is -1.65. The maximum atomic E-state index is 13.1. The molecule has 0 atom stereocenters. The molecule has 0 spiro atoms. The normalized spacial score (nSPS) is 11.2. The molecule has 5 heteroatoms. The Morgan fingerprint density at radius 2 is 1.69 bits per heavy atom. The van der Waals surface area contributed by atoms with Crippen molar-refractivity contribution in [2.45, 2.75) is 12.8 Å². The second-order valence-corrected chi connectivity index (χ2v) is 3.33. The van der Waals surface area contributed by atoms with Crippen LogP contribution in [0.25, 0.3) is 0 Å². The first-order valence-corrected chi connectivity index (χ1v) is 4.48. The molecule has 0 fully saturated rings. The molecule has 0 radical (unpaired) electrons. The number of hydrogen-bond donors (Lipinski definition) is 0. The molecule has 0 N–H and O–H groups in total. The summed E-state index contributed by atoms with van der Waals surface area (Å²) < 4.78 is 38.0. The Bertz CT molecular complexity index is 410. The SMILES string of the molecule is Cc1ccc(C(=O)C(F)(F)C(=O)CF)cc1. The van der Waals surface area contributed by atoms with Gasteiger partial charge in [0, 0.05) is 5.56 Å². The Kier molecular flexibility index (Phi) is 3.47. The fourth-order valence-corrected chi connectivity index (χ4v) is 1.10. The zero-order chi connectivity index (χ0) is 12.3. The Labute approximate surface area is 90.1 Å². The largest absolute Gasteiger partial charge is 0.369 e. The van der Waals surface area contributed by atoms with E-state index < -0.39 is 24.2 Å². The summed E-state index contributed by atoms with van der Waals surface area (Å²) in [6, 6.07) is 5.28. The smallest absolute Gasteiger partial charge is 0.289 e. The van der Waals surface area contributed by atoms with Gasteiger partial charge in [-0.15, -0.1) is 0 Å². The van der Waals surface area contributed by atoms with Gasteiger partial charge in [0.1, 0.15) is 0 Å². The van der Waals surface area contributed by atoms with Crippen LogP contribution in [0.4, 0.5) is 13.2 Å². The van der Waals surface area contributed by atoms with Crippen LogP contribution >= 0.6 is 0 Å². The van der Waals surface area contributed by atoms with E-state index in [0.29, 0.717) is 0 Å². The van der Waals surface area contributed by atoms with Gasteiger partial charge in [-0.3, -0.25) is 9.59 Å². The molecule has 0 aliphatic carbocycles. The minimum atomic E-state index is -4.29. The molecule has 0 unspecified atom stereocenters. The van der Waals surface area contributed by atoms with E-state index in [4.69, 9.17) is 0 Å². The quantitative estimate of drug-likeness (QED) is 0.587. The lowest BCUT2D eigenvalue weighted by Crippen LogP contribution is -2.39. The lowest BCUT2D eigenvalue weighted by Gasteiger charge is -2.11. The minimum Gasteiger partial charge on any atom is -0.289 e. The van der Waals surface area contributed by atoms with Crippen LogP contribution in [-0.4, -0.2) is 24.2 Å². The number of aryl methyl sites for hydroxylation is 1. The van der Waals surface area contributed by atoms with E-state index in [2.05, 4.69) is 0 Å². The first-order valence-electron chi connectivity index (χ1n) is 4.48. The third-order valence-corrected chi connectivity index (χ3v) is 2.07. The van der Waals surface area contributed by atoms with Gasteiger partial charge in [0.25, 0.3) is 0 Å². The molecule has 0 heterocycles. The fraction of sp³-hybridized carbons (Fsp3) is 0.273. The fourth-order valence-electron chi connectivity index (χ4n) is 1.10. The summed E-state index contributed by atoms with van der Waals surface area (Å²) >= 11 is 0. The summed E-state index contributed by atoms with van der Waals surface area (Å²) in [4.78, 5) is 21.8. The number of ketones is 2. The molecule has 16 heavy (non-hydrogen) atoms. The molecule has 0 saturated heterocycles. The van der Waals surface area contributed by atoms with Crippen LogP contribution in [0, 0.1) is 6.92 Å². The molecular formula is C11H9F3O2. The molecule has 0 amide bonds. The molecule has 0 aliphatic rings. The second kappa shape index (κ2) is 4.47. The summed E-state index contributed by atoms with van der Waals surface area (Å²) in [7, 11) is 0. The summed E-state index contributed by atoms with van der Waals surface area (Å²) in [6.45, 7) is -0.135. The van der Waals surface area contributed by atoms with E-state index in [1.807, 2.05) is 0 Å². The van der Waals surface area contributed by atoms with Crippen LogP contribution in [0.3, 0.4) is 0 Å².